The zero-order valence-corrected chi connectivity index (χ0v) is 20.7. The smallest absolute Gasteiger partial charge is 0.481 e. The number of rotatable bonds is 7. The Labute approximate surface area is 221 Å². The van der Waals surface area contributed by atoms with E-state index in [4.69, 9.17) is 9.52 Å². The van der Waals surface area contributed by atoms with Crippen LogP contribution in [0.15, 0.2) is 52.9 Å². The van der Waals surface area contributed by atoms with Crippen molar-refractivity contribution in [3.05, 3.63) is 65.5 Å². The third kappa shape index (κ3) is 4.90. The van der Waals surface area contributed by atoms with Crippen LogP contribution in [0.1, 0.15) is 60.0 Å². The van der Waals surface area contributed by atoms with Gasteiger partial charge in [0.25, 0.3) is 5.91 Å². The standard InChI is InChI=1S/C27H25F3N4O5/c28-27(29,30)39-17-12-8-15(9-13-17)25(37)34-20-6-2-1-4-18(20)24(19-5-3-7-21(19)34)33(16-10-11-16)26-32-31-22(38-26)14-23(35)36/h1-2,4,6,8-9,12-13,16,19,21,24H,3,5,7,10-11,14H2,(H,35,36). The molecule has 1 N–H and O–H groups in total. The first-order valence-corrected chi connectivity index (χ1v) is 12.8. The second-order valence-corrected chi connectivity index (χ2v) is 10.1. The molecule has 204 valence electrons. The molecule has 2 aromatic carbocycles. The van der Waals surface area contributed by atoms with Gasteiger partial charge in [-0.25, -0.2) is 0 Å². The number of ether oxygens (including phenoxy) is 1. The molecule has 1 aliphatic heterocycles. The highest BCUT2D eigenvalue weighted by molar-refractivity contribution is 6.07. The van der Waals surface area contributed by atoms with Crippen molar-refractivity contribution in [3.8, 4) is 5.75 Å². The average molecular weight is 543 g/mol. The van der Waals surface area contributed by atoms with Gasteiger partial charge in [0.2, 0.25) is 5.89 Å². The third-order valence-electron chi connectivity index (χ3n) is 7.56. The van der Waals surface area contributed by atoms with Crippen molar-refractivity contribution in [1.29, 1.82) is 0 Å². The van der Waals surface area contributed by atoms with Crippen molar-refractivity contribution in [2.45, 2.75) is 63.0 Å². The van der Waals surface area contributed by atoms with Crippen molar-refractivity contribution in [3.63, 3.8) is 0 Å². The van der Waals surface area contributed by atoms with Crippen LogP contribution in [0.2, 0.25) is 0 Å². The van der Waals surface area contributed by atoms with Crippen LogP contribution in [0.25, 0.3) is 0 Å². The summed E-state index contributed by atoms with van der Waals surface area (Å²) in [4.78, 5) is 28.9. The first-order chi connectivity index (χ1) is 18.7. The molecule has 0 saturated heterocycles. The molecular weight excluding hydrogens is 517 g/mol. The molecule has 2 fully saturated rings. The van der Waals surface area contributed by atoms with Crippen LogP contribution < -0.4 is 14.5 Å². The number of aromatic nitrogens is 2. The molecule has 3 unspecified atom stereocenters. The van der Waals surface area contributed by atoms with Crippen LogP contribution in [-0.4, -0.2) is 45.6 Å². The normalized spacial score (nSPS) is 22.2. The first-order valence-electron chi connectivity index (χ1n) is 12.8. The van der Waals surface area contributed by atoms with Gasteiger partial charge in [-0.2, -0.15) is 0 Å². The summed E-state index contributed by atoms with van der Waals surface area (Å²) in [6.07, 6.45) is -0.802. The van der Waals surface area contributed by atoms with Crippen molar-refractivity contribution in [1.82, 2.24) is 10.2 Å². The van der Waals surface area contributed by atoms with E-state index in [0.29, 0.717) is 0 Å². The number of hydrogen-bond acceptors (Lipinski definition) is 7. The number of aliphatic carboxylic acids is 1. The zero-order valence-electron chi connectivity index (χ0n) is 20.7. The summed E-state index contributed by atoms with van der Waals surface area (Å²) < 4.78 is 47.6. The number of anilines is 2. The second-order valence-electron chi connectivity index (χ2n) is 10.1. The molecule has 9 nitrogen and oxygen atoms in total. The molecule has 3 aromatic rings. The van der Waals surface area contributed by atoms with Crippen LogP contribution in [0, 0.1) is 5.92 Å². The minimum Gasteiger partial charge on any atom is -0.481 e. The van der Waals surface area contributed by atoms with E-state index in [1.807, 2.05) is 24.3 Å². The highest BCUT2D eigenvalue weighted by Gasteiger charge is 2.51. The minimum atomic E-state index is -4.82. The first kappa shape index (κ1) is 25.2. The summed E-state index contributed by atoms with van der Waals surface area (Å²) in [7, 11) is 0. The highest BCUT2D eigenvalue weighted by Crippen LogP contribution is 2.53. The molecule has 3 atom stereocenters. The number of alkyl halides is 3. The number of nitrogens with zero attached hydrogens (tertiary/aromatic N) is 4. The molecule has 1 aromatic heterocycles. The number of carboxylic acid groups (broad SMARTS) is 1. The number of carbonyl (C=O) groups excluding carboxylic acids is 1. The Morgan fingerprint density at radius 1 is 1.05 bits per heavy atom. The molecule has 1 amide bonds. The lowest BCUT2D eigenvalue weighted by atomic mass is 9.81. The summed E-state index contributed by atoms with van der Waals surface area (Å²) in [6, 6.07) is 12.7. The van der Waals surface area contributed by atoms with Gasteiger partial charge in [0, 0.05) is 29.3 Å². The predicted molar refractivity (Wildman–Crippen MR) is 131 cm³/mol. The number of carboxylic acids is 1. The fourth-order valence-corrected chi connectivity index (χ4v) is 5.98. The van der Waals surface area contributed by atoms with Gasteiger partial charge in [0.15, 0.2) is 0 Å². The van der Waals surface area contributed by atoms with Gasteiger partial charge in [0.1, 0.15) is 12.2 Å². The van der Waals surface area contributed by atoms with E-state index in [-0.39, 0.29) is 59.6 Å². The van der Waals surface area contributed by atoms with E-state index in [2.05, 4.69) is 19.8 Å². The molecular formula is C27H25F3N4O5. The molecule has 2 saturated carbocycles. The van der Waals surface area contributed by atoms with E-state index in [1.165, 1.54) is 12.1 Å². The van der Waals surface area contributed by atoms with Gasteiger partial charge in [-0.3, -0.25) is 9.59 Å². The Morgan fingerprint density at radius 3 is 2.49 bits per heavy atom. The summed E-state index contributed by atoms with van der Waals surface area (Å²) in [5.41, 5.74) is 1.90. The fourth-order valence-electron chi connectivity index (χ4n) is 5.98. The monoisotopic (exact) mass is 542 g/mol. The van der Waals surface area contributed by atoms with Crippen LogP contribution in [-0.2, 0) is 11.2 Å². The molecule has 2 heterocycles. The quantitative estimate of drug-likeness (QED) is 0.438. The number of amides is 1. The number of carbonyl (C=O) groups is 2. The van der Waals surface area contributed by atoms with Crippen LogP contribution in [0.5, 0.6) is 5.75 Å². The van der Waals surface area contributed by atoms with E-state index < -0.39 is 12.3 Å². The molecule has 0 spiro atoms. The number of para-hydroxylation sites is 1. The third-order valence-corrected chi connectivity index (χ3v) is 7.56. The topological polar surface area (TPSA) is 109 Å². The fraction of sp³-hybridized carbons (Fsp3) is 0.407. The van der Waals surface area contributed by atoms with Crippen molar-refractivity contribution in [2.24, 2.45) is 5.92 Å². The lowest BCUT2D eigenvalue weighted by Gasteiger charge is -2.47. The Morgan fingerprint density at radius 2 is 1.79 bits per heavy atom. The van der Waals surface area contributed by atoms with E-state index in [0.717, 1.165) is 55.5 Å². The van der Waals surface area contributed by atoms with Gasteiger partial charge >= 0.3 is 18.3 Å². The molecule has 39 heavy (non-hydrogen) atoms. The van der Waals surface area contributed by atoms with Crippen LogP contribution >= 0.6 is 0 Å². The summed E-state index contributed by atoms with van der Waals surface area (Å²) in [6.45, 7) is 0. The van der Waals surface area contributed by atoms with Gasteiger partial charge in [-0.1, -0.05) is 29.7 Å². The van der Waals surface area contributed by atoms with E-state index in [9.17, 15) is 22.8 Å². The number of hydrogen-bond donors (Lipinski definition) is 1. The Bertz CT molecular complexity index is 1390. The number of fused-ring (bicyclic) bond motifs is 2. The number of benzene rings is 2. The SMILES string of the molecule is O=C(O)Cc1nnc(N(C2CC2)C2c3ccccc3N(C(=O)c3ccc(OC(F)(F)F)cc3)C3CCCC32)o1. The van der Waals surface area contributed by atoms with Gasteiger partial charge in [-0.05, 0) is 61.6 Å². The summed E-state index contributed by atoms with van der Waals surface area (Å²) in [5, 5.41) is 17.3. The zero-order chi connectivity index (χ0) is 27.3. The Kier molecular flexibility index (Phi) is 6.19. The highest BCUT2D eigenvalue weighted by atomic mass is 19.4. The Hall–Kier alpha value is -4.09. The minimum absolute atomic E-state index is 0.0324. The molecule has 12 heteroatoms. The second kappa shape index (κ2) is 9.58. The lowest BCUT2D eigenvalue weighted by molar-refractivity contribution is -0.274. The largest absolute Gasteiger partial charge is 0.573 e. The maximum absolute atomic E-state index is 13.9. The van der Waals surface area contributed by atoms with E-state index in [1.54, 1.807) is 4.90 Å². The van der Waals surface area contributed by atoms with Crippen molar-refractivity contribution in [2.75, 3.05) is 9.80 Å². The van der Waals surface area contributed by atoms with E-state index >= 15 is 0 Å². The van der Waals surface area contributed by atoms with Crippen molar-refractivity contribution < 1.29 is 37.0 Å². The molecule has 6 rings (SSSR count). The molecule has 0 radical (unpaired) electrons. The van der Waals surface area contributed by atoms with Crippen molar-refractivity contribution >= 4 is 23.6 Å². The van der Waals surface area contributed by atoms with Gasteiger partial charge in [-0.15, -0.1) is 18.3 Å². The lowest BCUT2D eigenvalue weighted by Crippen LogP contribution is -2.52. The maximum Gasteiger partial charge on any atom is 0.573 e. The summed E-state index contributed by atoms with van der Waals surface area (Å²) in [5.74, 6) is -1.68. The molecule has 0 bridgehead atoms. The predicted octanol–water partition coefficient (Wildman–Crippen LogP) is 5.13. The van der Waals surface area contributed by atoms with Gasteiger partial charge < -0.3 is 24.1 Å². The maximum atomic E-state index is 13.9. The van der Waals surface area contributed by atoms with Gasteiger partial charge in [0.05, 0.1) is 6.04 Å². The molecule has 3 aliphatic rings. The van der Waals surface area contributed by atoms with Crippen LogP contribution in [0.3, 0.4) is 0 Å². The van der Waals surface area contributed by atoms with Crippen LogP contribution in [0.4, 0.5) is 24.9 Å². The number of halogens is 3. The average Bonchev–Trinajstić information content (AvgIpc) is 3.42. The Balaban J connectivity index is 1.37. The summed E-state index contributed by atoms with van der Waals surface area (Å²) >= 11 is 0. The molecule has 2 aliphatic carbocycles.